The molecule has 0 aliphatic heterocycles. The van der Waals surface area contributed by atoms with Crippen LogP contribution < -0.4 is 0 Å². The van der Waals surface area contributed by atoms with Gasteiger partial charge in [-0.1, -0.05) is 30.3 Å². The SMILES string of the molecule is [c]1ccc(C=Cc2nccs2)cc1. The van der Waals surface area contributed by atoms with Crippen molar-refractivity contribution >= 4 is 23.5 Å². The van der Waals surface area contributed by atoms with Gasteiger partial charge in [0.05, 0.1) is 0 Å². The Balaban J connectivity index is 2.15. The fourth-order valence-corrected chi connectivity index (χ4v) is 1.52. The van der Waals surface area contributed by atoms with Crippen LogP contribution in [0.3, 0.4) is 0 Å². The van der Waals surface area contributed by atoms with Crippen molar-refractivity contribution in [3.8, 4) is 0 Å². The molecular weight excluding hydrogens is 178 g/mol. The van der Waals surface area contributed by atoms with Gasteiger partial charge in [0, 0.05) is 11.6 Å². The predicted molar refractivity (Wildman–Crippen MR) is 56.3 cm³/mol. The van der Waals surface area contributed by atoms with Crippen LogP contribution in [0.4, 0.5) is 0 Å². The maximum Gasteiger partial charge on any atom is 0.116 e. The molecule has 2 rings (SSSR count). The summed E-state index contributed by atoms with van der Waals surface area (Å²) in [5.74, 6) is 0. The Labute approximate surface area is 81.4 Å². The van der Waals surface area contributed by atoms with Gasteiger partial charge in [-0.2, -0.15) is 0 Å². The van der Waals surface area contributed by atoms with E-state index >= 15 is 0 Å². The second-order valence-electron chi connectivity index (χ2n) is 2.54. The maximum absolute atomic E-state index is 4.16. The lowest BCUT2D eigenvalue weighted by Gasteiger charge is -1.88. The average molecular weight is 186 g/mol. The van der Waals surface area contributed by atoms with E-state index in [2.05, 4.69) is 11.1 Å². The van der Waals surface area contributed by atoms with Crippen LogP contribution in [0.1, 0.15) is 10.6 Å². The molecule has 1 nitrogen and oxygen atoms in total. The number of aromatic nitrogens is 1. The average Bonchev–Trinajstić information content (AvgIpc) is 2.69. The van der Waals surface area contributed by atoms with Gasteiger partial charge in [-0.15, -0.1) is 11.3 Å². The minimum atomic E-state index is 1.04. The summed E-state index contributed by atoms with van der Waals surface area (Å²) in [5.41, 5.74) is 1.17. The van der Waals surface area contributed by atoms with Crippen molar-refractivity contribution in [3.63, 3.8) is 0 Å². The smallest absolute Gasteiger partial charge is 0.116 e. The van der Waals surface area contributed by atoms with Gasteiger partial charge in [0.15, 0.2) is 0 Å². The Kier molecular flexibility index (Phi) is 2.53. The lowest BCUT2D eigenvalue weighted by molar-refractivity contribution is 1.40. The summed E-state index contributed by atoms with van der Waals surface area (Å²) >= 11 is 1.64. The van der Waals surface area contributed by atoms with Gasteiger partial charge in [-0.25, -0.2) is 4.98 Å². The number of thiazole rings is 1. The van der Waals surface area contributed by atoms with Gasteiger partial charge in [0.25, 0.3) is 0 Å². The lowest BCUT2D eigenvalue weighted by atomic mass is 10.2. The largest absolute Gasteiger partial charge is 0.245 e. The van der Waals surface area contributed by atoms with Crippen LogP contribution in [0.5, 0.6) is 0 Å². The normalized spacial score (nSPS) is 10.8. The minimum Gasteiger partial charge on any atom is -0.245 e. The Morgan fingerprint density at radius 1 is 1.23 bits per heavy atom. The first kappa shape index (κ1) is 8.20. The van der Waals surface area contributed by atoms with Crippen LogP contribution in [-0.2, 0) is 0 Å². The zero-order valence-electron chi connectivity index (χ0n) is 6.97. The second kappa shape index (κ2) is 4.01. The Bertz CT molecular complexity index is 376. The summed E-state index contributed by atoms with van der Waals surface area (Å²) in [6, 6.07) is 10.8. The maximum atomic E-state index is 4.16. The van der Waals surface area contributed by atoms with E-state index in [9.17, 15) is 0 Å². The van der Waals surface area contributed by atoms with Gasteiger partial charge >= 0.3 is 0 Å². The third kappa shape index (κ3) is 2.26. The van der Waals surface area contributed by atoms with Crippen LogP contribution in [0.15, 0.2) is 35.8 Å². The van der Waals surface area contributed by atoms with Crippen molar-refractivity contribution < 1.29 is 0 Å². The van der Waals surface area contributed by atoms with E-state index in [0.29, 0.717) is 0 Å². The summed E-state index contributed by atoms with van der Waals surface area (Å²) in [5, 5.41) is 3.01. The van der Waals surface area contributed by atoms with Crippen LogP contribution >= 0.6 is 11.3 Å². The predicted octanol–water partition coefficient (Wildman–Crippen LogP) is 3.11. The van der Waals surface area contributed by atoms with Crippen LogP contribution in [0, 0.1) is 6.07 Å². The van der Waals surface area contributed by atoms with Crippen molar-refractivity contribution in [2.24, 2.45) is 0 Å². The molecule has 1 aromatic heterocycles. The summed E-state index contributed by atoms with van der Waals surface area (Å²) in [7, 11) is 0. The molecule has 0 fully saturated rings. The molecule has 0 aliphatic rings. The molecule has 13 heavy (non-hydrogen) atoms. The van der Waals surface area contributed by atoms with Crippen LogP contribution in [0.25, 0.3) is 12.2 Å². The summed E-state index contributed by atoms with van der Waals surface area (Å²) in [4.78, 5) is 4.16. The molecule has 63 valence electrons. The van der Waals surface area contributed by atoms with Crippen molar-refractivity contribution in [2.45, 2.75) is 0 Å². The molecule has 0 unspecified atom stereocenters. The van der Waals surface area contributed by atoms with Gasteiger partial charge in [0.2, 0.25) is 0 Å². The number of nitrogens with zero attached hydrogens (tertiary/aromatic N) is 1. The van der Waals surface area contributed by atoms with Crippen LogP contribution in [-0.4, -0.2) is 4.98 Å². The first-order valence-corrected chi connectivity index (χ1v) is 4.87. The number of hydrogen-bond acceptors (Lipinski definition) is 2. The highest BCUT2D eigenvalue weighted by atomic mass is 32.1. The van der Waals surface area contributed by atoms with E-state index in [0.717, 1.165) is 5.01 Å². The van der Waals surface area contributed by atoms with E-state index in [1.54, 1.807) is 11.3 Å². The zero-order chi connectivity index (χ0) is 8.93. The zero-order valence-corrected chi connectivity index (χ0v) is 7.79. The van der Waals surface area contributed by atoms with E-state index in [1.807, 2.05) is 48.0 Å². The van der Waals surface area contributed by atoms with Crippen molar-refractivity contribution in [2.75, 3.05) is 0 Å². The van der Waals surface area contributed by atoms with Crippen molar-refractivity contribution in [1.82, 2.24) is 4.98 Å². The molecule has 0 N–H and O–H groups in total. The highest BCUT2D eigenvalue weighted by Gasteiger charge is 1.87. The Morgan fingerprint density at radius 2 is 2.08 bits per heavy atom. The van der Waals surface area contributed by atoms with Crippen molar-refractivity contribution in [3.05, 3.63) is 52.5 Å². The Morgan fingerprint density at radius 3 is 2.77 bits per heavy atom. The molecule has 0 spiro atoms. The molecule has 0 saturated carbocycles. The fourth-order valence-electron chi connectivity index (χ4n) is 0.995. The quantitative estimate of drug-likeness (QED) is 0.702. The van der Waals surface area contributed by atoms with Gasteiger partial charge in [0.1, 0.15) is 5.01 Å². The molecule has 1 radical (unpaired) electrons. The number of benzene rings is 1. The molecule has 0 atom stereocenters. The standard InChI is InChI=1S/C11H8NS/c1-2-4-10(5-3-1)6-7-11-12-8-9-13-11/h2-9H. The molecule has 2 aromatic rings. The molecule has 0 amide bonds. The highest BCUT2D eigenvalue weighted by molar-refractivity contribution is 7.10. The van der Waals surface area contributed by atoms with Gasteiger partial charge < -0.3 is 0 Å². The third-order valence-electron chi connectivity index (χ3n) is 1.61. The third-order valence-corrected chi connectivity index (χ3v) is 2.35. The molecule has 1 heterocycles. The van der Waals surface area contributed by atoms with Crippen molar-refractivity contribution in [1.29, 1.82) is 0 Å². The minimum absolute atomic E-state index is 1.04. The summed E-state index contributed by atoms with van der Waals surface area (Å²) in [6.45, 7) is 0. The van der Waals surface area contributed by atoms with E-state index in [-0.39, 0.29) is 0 Å². The second-order valence-corrected chi connectivity index (χ2v) is 3.46. The molecule has 2 heteroatoms. The topological polar surface area (TPSA) is 12.9 Å². The van der Waals surface area contributed by atoms with E-state index in [4.69, 9.17) is 0 Å². The summed E-state index contributed by atoms with van der Waals surface area (Å²) < 4.78 is 0. The van der Waals surface area contributed by atoms with Gasteiger partial charge in [-0.05, 0) is 17.7 Å². The molecule has 1 aromatic carbocycles. The van der Waals surface area contributed by atoms with E-state index in [1.165, 1.54) is 5.56 Å². The first-order chi connectivity index (χ1) is 6.45. The highest BCUT2D eigenvalue weighted by Crippen LogP contribution is 2.09. The van der Waals surface area contributed by atoms with E-state index < -0.39 is 0 Å². The monoisotopic (exact) mass is 186 g/mol. The van der Waals surface area contributed by atoms with Gasteiger partial charge in [-0.3, -0.25) is 0 Å². The fraction of sp³-hybridized carbons (Fsp3) is 0. The number of hydrogen-bond donors (Lipinski definition) is 0. The summed E-state index contributed by atoms with van der Waals surface area (Å²) in [6.07, 6.45) is 5.87. The Hall–Kier alpha value is -1.41. The van der Waals surface area contributed by atoms with Crippen LogP contribution in [0.2, 0.25) is 0 Å². The molecular formula is C11H8NS. The molecule has 0 saturated heterocycles. The first-order valence-electron chi connectivity index (χ1n) is 3.99. The lowest BCUT2D eigenvalue weighted by Crippen LogP contribution is -1.69. The molecule has 0 bridgehead atoms. The molecule has 0 aliphatic carbocycles. The number of rotatable bonds is 2.